The molecule has 25 heavy (non-hydrogen) atoms. The van der Waals surface area contributed by atoms with Gasteiger partial charge < -0.3 is 10.6 Å². The van der Waals surface area contributed by atoms with Crippen LogP contribution in [0.15, 0.2) is 40.6 Å². The molecular formula is C17H26N6OS. The average molecular weight is 363 g/mol. The third kappa shape index (κ3) is 7.47. The standard InChI is InChI=1S/C17H26N6OS/c1-17(2,23-20-14-11-7-4-8-12-14)19-15(24)21-22-16(25)18-13-9-5-3-6-10-13/h3,5-6,9-10,14H,4,7-8,11-12H2,1-2H3,(H2,18,22,25)(H2,19,21,24). The smallest absolute Gasteiger partial charge is 0.331 e. The number of anilines is 1. The number of para-hydroxylation sites is 1. The van der Waals surface area contributed by atoms with Crippen LogP contribution in [0.1, 0.15) is 46.0 Å². The van der Waals surface area contributed by atoms with E-state index >= 15 is 0 Å². The highest BCUT2D eigenvalue weighted by Gasteiger charge is 2.21. The topological polar surface area (TPSA) is 89.9 Å². The minimum atomic E-state index is -0.780. The van der Waals surface area contributed by atoms with Crippen LogP contribution in [-0.2, 0) is 0 Å². The van der Waals surface area contributed by atoms with Gasteiger partial charge in [-0.2, -0.15) is 10.2 Å². The highest BCUT2D eigenvalue weighted by Crippen LogP contribution is 2.21. The Morgan fingerprint density at radius 3 is 2.48 bits per heavy atom. The number of thiocarbonyl (C=S) groups is 1. The maximum absolute atomic E-state index is 12.0. The van der Waals surface area contributed by atoms with Gasteiger partial charge in [-0.15, -0.1) is 0 Å². The van der Waals surface area contributed by atoms with Gasteiger partial charge in [0, 0.05) is 5.69 Å². The van der Waals surface area contributed by atoms with Crippen molar-refractivity contribution in [2.75, 3.05) is 5.32 Å². The van der Waals surface area contributed by atoms with Crippen LogP contribution in [0, 0.1) is 0 Å². The molecule has 2 rings (SSSR count). The summed E-state index contributed by atoms with van der Waals surface area (Å²) in [5.41, 5.74) is 5.19. The van der Waals surface area contributed by atoms with Crippen molar-refractivity contribution < 1.29 is 4.79 Å². The Kier molecular flexibility index (Phi) is 7.12. The van der Waals surface area contributed by atoms with Crippen molar-refractivity contribution in [1.29, 1.82) is 0 Å². The minimum absolute atomic E-state index is 0.277. The first kappa shape index (κ1) is 19.1. The molecule has 8 heteroatoms. The van der Waals surface area contributed by atoms with Gasteiger partial charge in [0.25, 0.3) is 0 Å². The fourth-order valence-corrected chi connectivity index (χ4v) is 2.72. The van der Waals surface area contributed by atoms with Gasteiger partial charge in [0.2, 0.25) is 0 Å². The Bertz CT molecular complexity index is 598. The molecule has 0 heterocycles. The van der Waals surface area contributed by atoms with Gasteiger partial charge in [0.1, 0.15) is 5.66 Å². The molecule has 0 unspecified atom stereocenters. The number of amides is 2. The lowest BCUT2D eigenvalue weighted by molar-refractivity contribution is 0.227. The number of hydrogen-bond donors (Lipinski definition) is 4. The number of rotatable bonds is 4. The molecule has 7 nitrogen and oxygen atoms in total. The lowest BCUT2D eigenvalue weighted by Crippen LogP contribution is -2.53. The summed E-state index contributed by atoms with van der Waals surface area (Å²) in [5.74, 6) is 0. The van der Waals surface area contributed by atoms with Gasteiger partial charge in [-0.05, 0) is 51.0 Å². The van der Waals surface area contributed by atoms with Crippen molar-refractivity contribution in [1.82, 2.24) is 16.2 Å². The van der Waals surface area contributed by atoms with E-state index in [1.807, 2.05) is 30.3 Å². The number of nitrogens with one attached hydrogen (secondary N) is 4. The Balaban J connectivity index is 1.72. The van der Waals surface area contributed by atoms with E-state index in [-0.39, 0.29) is 6.04 Å². The summed E-state index contributed by atoms with van der Waals surface area (Å²) in [6.45, 7) is 3.61. The first-order valence-electron chi connectivity index (χ1n) is 8.57. The predicted octanol–water partition coefficient (Wildman–Crippen LogP) is 3.71. The lowest BCUT2D eigenvalue weighted by Gasteiger charge is -2.23. The largest absolute Gasteiger partial charge is 0.335 e. The molecule has 0 radical (unpaired) electrons. The Labute approximate surface area is 154 Å². The second kappa shape index (κ2) is 9.31. The molecular weight excluding hydrogens is 336 g/mol. The molecule has 4 N–H and O–H groups in total. The van der Waals surface area contributed by atoms with E-state index in [1.54, 1.807) is 13.8 Å². The SMILES string of the molecule is CC(C)(N=NC1CCCCC1)NC(=O)NNC(=S)Nc1ccccc1. The highest BCUT2D eigenvalue weighted by atomic mass is 32.1. The Hall–Kier alpha value is -2.22. The number of carbonyl (C=O) groups excluding carboxylic acids is 1. The molecule has 1 fully saturated rings. The average Bonchev–Trinajstić information content (AvgIpc) is 2.60. The summed E-state index contributed by atoms with van der Waals surface area (Å²) in [5, 5.41) is 14.7. The van der Waals surface area contributed by atoms with Gasteiger partial charge in [-0.25, -0.2) is 10.2 Å². The molecule has 0 atom stereocenters. The van der Waals surface area contributed by atoms with E-state index in [2.05, 4.69) is 31.7 Å². The molecule has 1 aromatic carbocycles. The maximum Gasteiger partial charge on any atom is 0.335 e. The van der Waals surface area contributed by atoms with Crippen LogP contribution in [0.5, 0.6) is 0 Å². The third-order valence-electron chi connectivity index (χ3n) is 3.79. The van der Waals surface area contributed by atoms with Gasteiger partial charge in [0.05, 0.1) is 6.04 Å². The lowest BCUT2D eigenvalue weighted by atomic mass is 9.96. The molecule has 1 aromatic rings. The molecule has 1 aliphatic carbocycles. The second-order valence-electron chi connectivity index (χ2n) is 6.59. The zero-order chi connectivity index (χ0) is 18.1. The highest BCUT2D eigenvalue weighted by molar-refractivity contribution is 7.80. The fraction of sp³-hybridized carbons (Fsp3) is 0.529. The van der Waals surface area contributed by atoms with Crippen LogP contribution >= 0.6 is 12.2 Å². The summed E-state index contributed by atoms with van der Waals surface area (Å²) in [7, 11) is 0. The van der Waals surface area contributed by atoms with Crippen molar-refractivity contribution >= 4 is 29.0 Å². The molecule has 1 aliphatic rings. The van der Waals surface area contributed by atoms with Crippen LogP contribution < -0.4 is 21.5 Å². The quantitative estimate of drug-likeness (QED) is 0.373. The summed E-state index contributed by atoms with van der Waals surface area (Å²) in [6.07, 6.45) is 5.83. The number of benzene rings is 1. The molecule has 0 saturated heterocycles. The molecule has 0 bridgehead atoms. The summed E-state index contributed by atoms with van der Waals surface area (Å²) in [4.78, 5) is 12.0. The number of urea groups is 1. The van der Waals surface area contributed by atoms with Crippen LogP contribution in [0.25, 0.3) is 0 Å². The van der Waals surface area contributed by atoms with Crippen molar-refractivity contribution in [3.63, 3.8) is 0 Å². The van der Waals surface area contributed by atoms with E-state index in [1.165, 1.54) is 19.3 Å². The van der Waals surface area contributed by atoms with Gasteiger partial charge in [-0.1, -0.05) is 37.5 Å². The Morgan fingerprint density at radius 2 is 1.80 bits per heavy atom. The first-order chi connectivity index (χ1) is 11.9. The number of carbonyl (C=O) groups is 1. The summed E-state index contributed by atoms with van der Waals surface area (Å²) in [6, 6.07) is 9.31. The van der Waals surface area contributed by atoms with Crippen molar-refractivity contribution in [2.24, 2.45) is 10.2 Å². The normalized spacial score (nSPS) is 15.6. The third-order valence-corrected chi connectivity index (χ3v) is 3.99. The van der Waals surface area contributed by atoms with E-state index < -0.39 is 11.7 Å². The number of nitrogens with zero attached hydrogens (tertiary/aromatic N) is 2. The second-order valence-corrected chi connectivity index (χ2v) is 7.00. The van der Waals surface area contributed by atoms with Crippen molar-refractivity contribution in [3.05, 3.63) is 30.3 Å². The van der Waals surface area contributed by atoms with E-state index in [0.717, 1.165) is 18.5 Å². The summed E-state index contributed by atoms with van der Waals surface area (Å²) >= 11 is 5.13. The monoisotopic (exact) mass is 362 g/mol. The number of hydrogen-bond acceptors (Lipinski definition) is 4. The van der Waals surface area contributed by atoms with Crippen LogP contribution in [0.3, 0.4) is 0 Å². The minimum Gasteiger partial charge on any atom is -0.331 e. The molecule has 1 saturated carbocycles. The van der Waals surface area contributed by atoms with Gasteiger partial charge in [-0.3, -0.25) is 5.43 Å². The fourth-order valence-electron chi connectivity index (χ4n) is 2.55. The zero-order valence-electron chi connectivity index (χ0n) is 14.7. The van der Waals surface area contributed by atoms with Crippen molar-refractivity contribution in [3.8, 4) is 0 Å². The summed E-state index contributed by atoms with van der Waals surface area (Å²) < 4.78 is 0. The molecule has 0 aromatic heterocycles. The van der Waals surface area contributed by atoms with Crippen LogP contribution in [-0.4, -0.2) is 22.8 Å². The predicted molar refractivity (Wildman–Crippen MR) is 103 cm³/mol. The van der Waals surface area contributed by atoms with E-state index in [0.29, 0.717) is 5.11 Å². The molecule has 2 amide bonds. The van der Waals surface area contributed by atoms with Crippen molar-refractivity contribution in [2.45, 2.75) is 57.7 Å². The zero-order valence-corrected chi connectivity index (χ0v) is 15.5. The molecule has 0 aliphatic heterocycles. The van der Waals surface area contributed by atoms with Crippen LogP contribution in [0.2, 0.25) is 0 Å². The van der Waals surface area contributed by atoms with Gasteiger partial charge >= 0.3 is 6.03 Å². The maximum atomic E-state index is 12.0. The first-order valence-corrected chi connectivity index (χ1v) is 8.98. The van der Waals surface area contributed by atoms with Crippen LogP contribution in [0.4, 0.5) is 10.5 Å². The number of hydrazine groups is 1. The number of azo groups is 1. The molecule has 0 spiro atoms. The molecule has 136 valence electrons. The Morgan fingerprint density at radius 1 is 1.12 bits per heavy atom. The van der Waals surface area contributed by atoms with Gasteiger partial charge in [0.15, 0.2) is 5.11 Å². The van der Waals surface area contributed by atoms with E-state index in [9.17, 15) is 4.79 Å². The van der Waals surface area contributed by atoms with E-state index in [4.69, 9.17) is 12.2 Å².